The Morgan fingerprint density at radius 3 is 2.22 bits per heavy atom. The van der Waals surface area contributed by atoms with Crippen LogP contribution in [0.25, 0.3) is 0 Å². The lowest BCUT2D eigenvalue weighted by Crippen LogP contribution is -2.12. The van der Waals surface area contributed by atoms with Crippen LogP contribution in [-0.2, 0) is 0 Å². The lowest BCUT2D eigenvalue weighted by Gasteiger charge is -2.08. The zero-order valence-corrected chi connectivity index (χ0v) is 10.3. The van der Waals surface area contributed by atoms with Gasteiger partial charge in [-0.25, -0.2) is 0 Å². The molecule has 3 N–H and O–H groups in total. The number of benzene rings is 2. The highest BCUT2D eigenvalue weighted by Gasteiger charge is 2.05. The van der Waals surface area contributed by atoms with E-state index in [0.717, 1.165) is 11.3 Å². The lowest BCUT2D eigenvalue weighted by molar-refractivity contribution is 0.102. The van der Waals surface area contributed by atoms with Gasteiger partial charge in [0.1, 0.15) is 0 Å². The molecule has 0 aliphatic carbocycles. The molecule has 92 valence electrons. The molecule has 0 heterocycles. The molecule has 2 aromatic rings. The van der Waals surface area contributed by atoms with Crippen molar-refractivity contribution in [2.75, 3.05) is 5.32 Å². The van der Waals surface area contributed by atoms with Crippen LogP contribution in [-0.4, -0.2) is 5.91 Å². The molecule has 0 radical (unpaired) electrons. The fraction of sp³-hybridized carbons (Fsp3) is 0.133. The topological polar surface area (TPSA) is 55.1 Å². The molecule has 2 aromatic carbocycles. The first-order valence-corrected chi connectivity index (χ1v) is 5.89. The Bertz CT molecular complexity index is 518. The number of nitrogens with one attached hydrogen (secondary N) is 1. The van der Waals surface area contributed by atoms with Crippen LogP contribution in [0.1, 0.15) is 28.9 Å². The van der Waals surface area contributed by atoms with Crippen LogP contribution in [0.3, 0.4) is 0 Å². The van der Waals surface area contributed by atoms with Gasteiger partial charge in [-0.3, -0.25) is 4.79 Å². The number of hydrogen-bond acceptors (Lipinski definition) is 2. The normalized spacial score (nSPS) is 11.9. The Morgan fingerprint density at radius 2 is 1.67 bits per heavy atom. The van der Waals surface area contributed by atoms with E-state index in [-0.39, 0.29) is 11.9 Å². The van der Waals surface area contributed by atoms with Crippen molar-refractivity contribution < 1.29 is 4.79 Å². The molecule has 0 fully saturated rings. The molecule has 3 heteroatoms. The highest BCUT2D eigenvalue weighted by molar-refractivity contribution is 6.04. The smallest absolute Gasteiger partial charge is 0.255 e. The van der Waals surface area contributed by atoms with Crippen LogP contribution in [0.2, 0.25) is 0 Å². The van der Waals surface area contributed by atoms with Crippen molar-refractivity contribution in [2.45, 2.75) is 13.0 Å². The molecule has 3 nitrogen and oxygen atoms in total. The first-order chi connectivity index (χ1) is 8.66. The lowest BCUT2D eigenvalue weighted by atomic mass is 10.1. The van der Waals surface area contributed by atoms with E-state index in [4.69, 9.17) is 5.73 Å². The van der Waals surface area contributed by atoms with Gasteiger partial charge in [0.05, 0.1) is 0 Å². The van der Waals surface area contributed by atoms with E-state index in [1.165, 1.54) is 0 Å². The second-order valence-corrected chi connectivity index (χ2v) is 4.23. The summed E-state index contributed by atoms with van der Waals surface area (Å²) in [6, 6.07) is 16.7. The molecule has 0 spiro atoms. The van der Waals surface area contributed by atoms with Gasteiger partial charge in [0.25, 0.3) is 5.91 Å². The van der Waals surface area contributed by atoms with Crippen molar-refractivity contribution in [3.8, 4) is 0 Å². The average molecular weight is 240 g/mol. The average Bonchev–Trinajstić information content (AvgIpc) is 2.40. The van der Waals surface area contributed by atoms with Crippen LogP contribution >= 0.6 is 0 Å². The quantitative estimate of drug-likeness (QED) is 0.866. The summed E-state index contributed by atoms with van der Waals surface area (Å²) in [7, 11) is 0. The molecular formula is C15H16N2O. The van der Waals surface area contributed by atoms with Crippen LogP contribution in [0.15, 0.2) is 54.6 Å². The summed E-state index contributed by atoms with van der Waals surface area (Å²) in [5.74, 6) is -0.107. The van der Waals surface area contributed by atoms with E-state index in [1.807, 2.05) is 49.4 Å². The van der Waals surface area contributed by atoms with Gasteiger partial charge >= 0.3 is 0 Å². The number of amides is 1. The summed E-state index contributed by atoms with van der Waals surface area (Å²) in [5.41, 5.74) is 8.24. The molecule has 1 amide bonds. The summed E-state index contributed by atoms with van der Waals surface area (Å²) in [5, 5.41) is 2.84. The van der Waals surface area contributed by atoms with Crippen LogP contribution in [0.5, 0.6) is 0 Å². The van der Waals surface area contributed by atoms with Crippen LogP contribution in [0.4, 0.5) is 5.69 Å². The molecule has 0 unspecified atom stereocenters. The Morgan fingerprint density at radius 1 is 1.06 bits per heavy atom. The predicted molar refractivity (Wildman–Crippen MR) is 73.4 cm³/mol. The Kier molecular flexibility index (Phi) is 3.75. The summed E-state index contributed by atoms with van der Waals surface area (Å²) in [6.07, 6.45) is 0. The van der Waals surface area contributed by atoms with Gasteiger partial charge in [0, 0.05) is 17.3 Å². The second-order valence-electron chi connectivity index (χ2n) is 4.23. The van der Waals surface area contributed by atoms with Gasteiger partial charge in [-0.2, -0.15) is 0 Å². The molecule has 0 saturated carbocycles. The molecule has 0 saturated heterocycles. The minimum absolute atomic E-state index is 0.00359. The molecule has 0 aliphatic rings. The molecule has 2 rings (SSSR count). The Hall–Kier alpha value is -2.13. The van der Waals surface area contributed by atoms with Crippen LogP contribution in [0, 0.1) is 0 Å². The highest BCUT2D eigenvalue weighted by Crippen LogP contribution is 2.15. The third-order valence-corrected chi connectivity index (χ3v) is 2.73. The van der Waals surface area contributed by atoms with Crippen molar-refractivity contribution in [2.24, 2.45) is 5.73 Å². The number of carbonyl (C=O) groups is 1. The third kappa shape index (κ3) is 2.96. The van der Waals surface area contributed by atoms with Gasteiger partial charge in [-0.15, -0.1) is 0 Å². The molecular weight excluding hydrogens is 224 g/mol. The van der Waals surface area contributed by atoms with Crippen LogP contribution < -0.4 is 11.1 Å². The summed E-state index contributed by atoms with van der Waals surface area (Å²) in [4.78, 5) is 11.9. The Balaban J connectivity index is 2.08. The number of nitrogens with two attached hydrogens (primary N) is 1. The minimum Gasteiger partial charge on any atom is -0.324 e. The van der Waals surface area contributed by atoms with Gasteiger partial charge in [-0.1, -0.05) is 30.3 Å². The van der Waals surface area contributed by atoms with E-state index in [0.29, 0.717) is 5.56 Å². The standard InChI is InChI=1S/C15H16N2O/c1-11(16)12-7-9-14(10-8-12)17-15(18)13-5-3-2-4-6-13/h2-11H,16H2,1H3,(H,17,18)/t11-/m0/s1. The highest BCUT2D eigenvalue weighted by atomic mass is 16.1. The number of hydrogen-bond donors (Lipinski definition) is 2. The molecule has 0 aromatic heterocycles. The first-order valence-electron chi connectivity index (χ1n) is 5.89. The SMILES string of the molecule is C[C@H](N)c1ccc(NC(=O)c2ccccc2)cc1. The van der Waals surface area contributed by atoms with Gasteiger partial charge in [0.15, 0.2) is 0 Å². The molecule has 18 heavy (non-hydrogen) atoms. The second kappa shape index (κ2) is 5.47. The molecule has 0 bridgehead atoms. The maximum Gasteiger partial charge on any atom is 0.255 e. The predicted octanol–water partition coefficient (Wildman–Crippen LogP) is 2.96. The van der Waals surface area contributed by atoms with E-state index >= 15 is 0 Å². The van der Waals surface area contributed by atoms with Crippen molar-refractivity contribution in [1.82, 2.24) is 0 Å². The number of anilines is 1. The molecule has 1 atom stereocenters. The van der Waals surface area contributed by atoms with E-state index in [1.54, 1.807) is 12.1 Å². The molecule has 0 aliphatic heterocycles. The van der Waals surface area contributed by atoms with Gasteiger partial charge < -0.3 is 11.1 Å². The monoisotopic (exact) mass is 240 g/mol. The zero-order chi connectivity index (χ0) is 13.0. The van der Waals surface area contributed by atoms with E-state index in [2.05, 4.69) is 5.32 Å². The Labute approximate surface area is 107 Å². The maximum absolute atomic E-state index is 11.9. The number of rotatable bonds is 3. The maximum atomic E-state index is 11.9. The van der Waals surface area contributed by atoms with Crippen molar-refractivity contribution >= 4 is 11.6 Å². The third-order valence-electron chi connectivity index (χ3n) is 2.73. The van der Waals surface area contributed by atoms with Crippen molar-refractivity contribution in [1.29, 1.82) is 0 Å². The first kappa shape index (κ1) is 12.3. The van der Waals surface area contributed by atoms with Gasteiger partial charge in [0.2, 0.25) is 0 Å². The van der Waals surface area contributed by atoms with E-state index < -0.39 is 0 Å². The van der Waals surface area contributed by atoms with E-state index in [9.17, 15) is 4.79 Å². The minimum atomic E-state index is -0.107. The fourth-order valence-electron chi connectivity index (χ4n) is 1.66. The largest absolute Gasteiger partial charge is 0.324 e. The summed E-state index contributed by atoms with van der Waals surface area (Å²) >= 11 is 0. The fourth-order valence-corrected chi connectivity index (χ4v) is 1.66. The number of carbonyl (C=O) groups excluding carboxylic acids is 1. The summed E-state index contributed by atoms with van der Waals surface area (Å²) in [6.45, 7) is 1.93. The van der Waals surface area contributed by atoms with Crippen molar-refractivity contribution in [3.63, 3.8) is 0 Å². The summed E-state index contributed by atoms with van der Waals surface area (Å²) < 4.78 is 0. The van der Waals surface area contributed by atoms with Crippen molar-refractivity contribution in [3.05, 3.63) is 65.7 Å². The zero-order valence-electron chi connectivity index (χ0n) is 10.3. The van der Waals surface area contributed by atoms with Gasteiger partial charge in [-0.05, 0) is 36.8 Å².